The van der Waals surface area contributed by atoms with Gasteiger partial charge in [-0.15, -0.1) is 0 Å². The van der Waals surface area contributed by atoms with Crippen molar-refractivity contribution in [2.75, 3.05) is 13.2 Å². The molecule has 0 radical (unpaired) electrons. The Bertz CT molecular complexity index is 924. The molecule has 1 aromatic heterocycles. The lowest BCUT2D eigenvalue weighted by Gasteiger charge is -2.29. The first kappa shape index (κ1) is 21.0. The number of nitrogens with one attached hydrogen (secondary N) is 1. The number of alkyl halides is 3. The van der Waals surface area contributed by atoms with Crippen molar-refractivity contribution in [3.63, 3.8) is 0 Å². The van der Waals surface area contributed by atoms with Gasteiger partial charge in [-0.05, 0) is 37.8 Å². The van der Waals surface area contributed by atoms with Gasteiger partial charge in [0, 0.05) is 17.2 Å². The minimum Gasteiger partial charge on any atom is -0.489 e. The Kier molecular flexibility index (Phi) is 5.92. The molecule has 2 aliphatic rings. The van der Waals surface area contributed by atoms with Crippen molar-refractivity contribution in [1.29, 1.82) is 0 Å². The van der Waals surface area contributed by atoms with Crippen molar-refractivity contribution in [2.24, 2.45) is 0 Å². The highest BCUT2D eigenvalue weighted by atomic mass is 35.5. The molecule has 1 saturated carbocycles. The van der Waals surface area contributed by atoms with Crippen LogP contribution >= 0.6 is 11.6 Å². The fourth-order valence-electron chi connectivity index (χ4n) is 3.89. The largest absolute Gasteiger partial charge is 0.489 e. The number of hydrogen-bond donors (Lipinski definition) is 1. The maximum atomic E-state index is 12.8. The van der Waals surface area contributed by atoms with Gasteiger partial charge in [-0.1, -0.05) is 11.6 Å². The molecule has 1 aromatic carbocycles. The van der Waals surface area contributed by atoms with Gasteiger partial charge in [0.15, 0.2) is 0 Å². The summed E-state index contributed by atoms with van der Waals surface area (Å²) >= 11 is 6.39. The third-order valence-electron chi connectivity index (χ3n) is 5.36. The molecular weight excluding hydrogens is 423 g/mol. The number of ether oxygens (including phenoxy) is 2. The van der Waals surface area contributed by atoms with E-state index in [-0.39, 0.29) is 11.9 Å². The quantitative estimate of drug-likeness (QED) is 0.768. The summed E-state index contributed by atoms with van der Waals surface area (Å²) in [4.78, 5) is 17.0. The van der Waals surface area contributed by atoms with E-state index in [4.69, 9.17) is 21.1 Å². The van der Waals surface area contributed by atoms with Crippen molar-refractivity contribution in [2.45, 2.75) is 50.6 Å². The Morgan fingerprint density at radius 1 is 1.30 bits per heavy atom. The van der Waals surface area contributed by atoms with Crippen LogP contribution < -0.4 is 10.1 Å². The van der Waals surface area contributed by atoms with Crippen LogP contribution in [-0.4, -0.2) is 47.0 Å². The molecule has 10 heteroatoms. The highest BCUT2D eigenvalue weighted by molar-refractivity contribution is 6.33. The lowest BCUT2D eigenvalue weighted by molar-refractivity contribution is -0.188. The normalized spacial score (nSPS) is 21.2. The number of hydrogen-bond acceptors (Lipinski definition) is 4. The molecule has 0 spiro atoms. The van der Waals surface area contributed by atoms with E-state index in [0.717, 1.165) is 5.69 Å². The van der Waals surface area contributed by atoms with Gasteiger partial charge in [-0.3, -0.25) is 4.79 Å². The van der Waals surface area contributed by atoms with Gasteiger partial charge in [0.05, 0.1) is 35.9 Å². The Hall–Kier alpha value is -2.26. The molecule has 2 aromatic rings. The van der Waals surface area contributed by atoms with E-state index in [1.165, 1.54) is 0 Å². The van der Waals surface area contributed by atoms with E-state index in [1.807, 2.05) is 4.57 Å². The molecule has 1 amide bonds. The van der Waals surface area contributed by atoms with Crippen molar-refractivity contribution in [1.82, 2.24) is 14.9 Å². The minimum absolute atomic E-state index is 0.123. The summed E-state index contributed by atoms with van der Waals surface area (Å²) in [6, 6.07) is 3.18. The first-order valence-electron chi connectivity index (χ1n) is 9.76. The van der Waals surface area contributed by atoms with Crippen LogP contribution in [-0.2, 0) is 11.3 Å². The second-order valence-corrected chi connectivity index (χ2v) is 7.94. The number of amides is 1. The topological polar surface area (TPSA) is 65.4 Å². The molecule has 1 fully saturated rings. The molecule has 6 nitrogen and oxygen atoms in total. The zero-order valence-corrected chi connectivity index (χ0v) is 16.8. The summed E-state index contributed by atoms with van der Waals surface area (Å²) in [5.74, 6) is 0.240. The number of imidazole rings is 1. The summed E-state index contributed by atoms with van der Waals surface area (Å²) in [5, 5.41) is 3.30. The van der Waals surface area contributed by atoms with Gasteiger partial charge in [0.2, 0.25) is 0 Å². The van der Waals surface area contributed by atoms with Crippen molar-refractivity contribution < 1.29 is 27.4 Å². The Morgan fingerprint density at radius 3 is 2.80 bits per heavy atom. The lowest BCUT2D eigenvalue weighted by atomic mass is 9.92. The van der Waals surface area contributed by atoms with Crippen molar-refractivity contribution in [3.8, 4) is 17.0 Å². The molecule has 0 unspecified atom stereocenters. The zero-order valence-electron chi connectivity index (χ0n) is 16.0. The number of rotatable bonds is 4. The van der Waals surface area contributed by atoms with Crippen LogP contribution in [0, 0.1) is 0 Å². The van der Waals surface area contributed by atoms with Gasteiger partial charge in [0.25, 0.3) is 5.91 Å². The van der Waals surface area contributed by atoms with Crippen LogP contribution in [0.25, 0.3) is 11.3 Å². The van der Waals surface area contributed by atoms with Crippen LogP contribution in [0.2, 0.25) is 5.02 Å². The molecule has 0 saturated heterocycles. The summed E-state index contributed by atoms with van der Waals surface area (Å²) in [7, 11) is 0. The van der Waals surface area contributed by atoms with Gasteiger partial charge in [0.1, 0.15) is 19.0 Å². The third kappa shape index (κ3) is 4.73. The molecule has 1 aliphatic carbocycles. The smallest absolute Gasteiger partial charge is 0.411 e. The summed E-state index contributed by atoms with van der Waals surface area (Å²) in [5.41, 5.74) is 1.92. The third-order valence-corrected chi connectivity index (χ3v) is 5.65. The second-order valence-electron chi connectivity index (χ2n) is 7.53. The highest BCUT2D eigenvalue weighted by Gasteiger charge is 2.31. The molecule has 1 N–H and O–H groups in total. The van der Waals surface area contributed by atoms with E-state index in [1.54, 1.807) is 24.7 Å². The second kappa shape index (κ2) is 8.47. The number of fused-ring (bicyclic) bond motifs is 3. The van der Waals surface area contributed by atoms with Crippen LogP contribution in [0.5, 0.6) is 5.75 Å². The highest BCUT2D eigenvalue weighted by Crippen LogP contribution is 2.39. The van der Waals surface area contributed by atoms with E-state index in [9.17, 15) is 18.0 Å². The van der Waals surface area contributed by atoms with E-state index in [2.05, 4.69) is 10.3 Å². The Balaban J connectivity index is 1.42. The number of carbonyl (C=O) groups is 1. The molecule has 0 bridgehead atoms. The fourth-order valence-corrected chi connectivity index (χ4v) is 4.16. The zero-order chi connectivity index (χ0) is 21.3. The van der Waals surface area contributed by atoms with Crippen LogP contribution in [0.3, 0.4) is 0 Å². The first-order valence-corrected chi connectivity index (χ1v) is 10.1. The SMILES string of the molecule is O=C(NC1CCC(OCC(F)(F)F)CC1)c1cc(Cl)c2c(c1)-c1cncn1CCO2. The minimum atomic E-state index is -4.32. The average molecular weight is 444 g/mol. The number of halogens is 4. The van der Waals surface area contributed by atoms with Crippen molar-refractivity contribution >= 4 is 17.5 Å². The summed E-state index contributed by atoms with van der Waals surface area (Å²) in [6.45, 7) is -0.163. The maximum absolute atomic E-state index is 12.8. The van der Waals surface area contributed by atoms with Gasteiger partial charge in [-0.2, -0.15) is 13.2 Å². The van der Waals surface area contributed by atoms with E-state index < -0.39 is 18.9 Å². The molecule has 30 heavy (non-hydrogen) atoms. The average Bonchev–Trinajstić information content (AvgIpc) is 3.09. The molecule has 4 rings (SSSR count). The molecule has 1 aliphatic heterocycles. The summed E-state index contributed by atoms with van der Waals surface area (Å²) < 4.78 is 49.5. The van der Waals surface area contributed by atoms with E-state index >= 15 is 0 Å². The molecule has 162 valence electrons. The maximum Gasteiger partial charge on any atom is 0.411 e. The van der Waals surface area contributed by atoms with Gasteiger partial charge < -0.3 is 19.4 Å². The van der Waals surface area contributed by atoms with Crippen LogP contribution in [0.1, 0.15) is 36.0 Å². The predicted octanol–water partition coefficient (Wildman–Crippen LogP) is 4.22. The van der Waals surface area contributed by atoms with Gasteiger partial charge >= 0.3 is 6.18 Å². The number of aromatic nitrogens is 2. The van der Waals surface area contributed by atoms with Crippen LogP contribution in [0.4, 0.5) is 13.2 Å². The van der Waals surface area contributed by atoms with Crippen LogP contribution in [0.15, 0.2) is 24.7 Å². The Labute approximate surface area is 176 Å². The number of carbonyl (C=O) groups excluding carboxylic acids is 1. The standard InChI is InChI=1S/C20H21ClF3N3O3/c21-16-8-12(7-15-17-9-25-11-27(17)5-6-29-18(15)16)19(28)26-13-1-3-14(4-2-13)30-10-20(22,23)24/h7-9,11,13-14H,1-6,10H2,(H,26,28). The fraction of sp³-hybridized carbons (Fsp3) is 0.500. The Morgan fingerprint density at radius 2 is 2.07 bits per heavy atom. The summed E-state index contributed by atoms with van der Waals surface area (Å²) in [6.07, 6.45) is 0.707. The molecule has 2 heterocycles. The predicted molar refractivity (Wildman–Crippen MR) is 104 cm³/mol. The number of benzene rings is 1. The number of nitrogens with zero attached hydrogens (tertiary/aromatic N) is 2. The molecular formula is C20H21ClF3N3O3. The molecule has 0 atom stereocenters. The van der Waals surface area contributed by atoms with E-state index in [0.29, 0.717) is 60.7 Å². The van der Waals surface area contributed by atoms with Gasteiger partial charge in [-0.25, -0.2) is 4.98 Å². The first-order chi connectivity index (χ1) is 14.3. The lowest BCUT2D eigenvalue weighted by Crippen LogP contribution is -2.39. The monoisotopic (exact) mass is 443 g/mol. The van der Waals surface area contributed by atoms with Crippen molar-refractivity contribution in [3.05, 3.63) is 35.2 Å².